The van der Waals surface area contributed by atoms with Gasteiger partial charge in [0, 0.05) is 47.7 Å². The number of hydrogen-bond acceptors (Lipinski definition) is 1. The number of thiophene rings is 1. The molecule has 0 fully saturated rings. The standard InChI is InChI=1S/C38H24N2S/c1-3-13-25(14-4-1)39-31-21-9-7-17-29(31)37-36-28(19-11-22-32(36)40(38(37)39)26-15-5-2-6-16-26)27-20-12-24-34-35(27)30-18-8-10-23-33(30)41-34/h1-24H. The molecule has 9 aromatic rings. The summed E-state index contributed by atoms with van der Waals surface area (Å²) < 4.78 is 7.54. The number of rotatable bonds is 3. The first-order chi connectivity index (χ1) is 20.4. The van der Waals surface area contributed by atoms with Crippen LogP contribution in [0.25, 0.3) is 75.5 Å². The molecule has 0 amide bonds. The van der Waals surface area contributed by atoms with Gasteiger partial charge in [0.05, 0.1) is 11.0 Å². The minimum Gasteiger partial charge on any atom is -0.295 e. The summed E-state index contributed by atoms with van der Waals surface area (Å²) in [5.74, 6) is 0. The van der Waals surface area contributed by atoms with E-state index in [0.29, 0.717) is 0 Å². The first kappa shape index (κ1) is 22.7. The van der Waals surface area contributed by atoms with Gasteiger partial charge in [0.1, 0.15) is 5.65 Å². The van der Waals surface area contributed by atoms with Gasteiger partial charge in [-0.3, -0.25) is 9.13 Å². The second-order valence-corrected chi connectivity index (χ2v) is 11.6. The van der Waals surface area contributed by atoms with E-state index < -0.39 is 0 Å². The van der Waals surface area contributed by atoms with Gasteiger partial charge in [0.2, 0.25) is 0 Å². The van der Waals surface area contributed by atoms with Gasteiger partial charge in [-0.05, 0) is 59.7 Å². The highest BCUT2D eigenvalue weighted by Crippen LogP contribution is 2.47. The van der Waals surface area contributed by atoms with E-state index in [2.05, 4.69) is 155 Å². The maximum absolute atomic E-state index is 2.45. The van der Waals surface area contributed by atoms with E-state index in [0.717, 1.165) is 11.4 Å². The van der Waals surface area contributed by atoms with Crippen molar-refractivity contribution in [2.75, 3.05) is 0 Å². The fourth-order valence-electron chi connectivity index (χ4n) is 6.69. The largest absolute Gasteiger partial charge is 0.295 e. The number of benzene rings is 6. The van der Waals surface area contributed by atoms with Crippen LogP contribution in [0.1, 0.15) is 0 Å². The Balaban J connectivity index is 1.53. The van der Waals surface area contributed by atoms with Gasteiger partial charge in [-0.15, -0.1) is 11.3 Å². The van der Waals surface area contributed by atoms with Crippen LogP contribution in [0.2, 0.25) is 0 Å². The summed E-state index contributed by atoms with van der Waals surface area (Å²) in [5.41, 5.74) is 8.49. The van der Waals surface area contributed by atoms with Crippen LogP contribution in [-0.2, 0) is 0 Å². The number of aromatic nitrogens is 2. The molecular weight excluding hydrogens is 516 g/mol. The molecule has 0 unspecified atom stereocenters. The average Bonchev–Trinajstić information content (AvgIpc) is 3.69. The molecule has 0 bridgehead atoms. The highest BCUT2D eigenvalue weighted by atomic mass is 32.1. The zero-order chi connectivity index (χ0) is 26.9. The molecule has 0 N–H and O–H groups in total. The highest BCUT2D eigenvalue weighted by molar-refractivity contribution is 7.25. The molecule has 6 aromatic carbocycles. The molecule has 0 aliphatic heterocycles. The van der Waals surface area contributed by atoms with Gasteiger partial charge in [0.25, 0.3) is 0 Å². The fraction of sp³-hybridized carbons (Fsp3) is 0. The second-order valence-electron chi connectivity index (χ2n) is 10.5. The average molecular weight is 541 g/mol. The third-order valence-corrected chi connectivity index (χ3v) is 9.45. The predicted molar refractivity (Wildman–Crippen MR) is 176 cm³/mol. The van der Waals surface area contributed by atoms with E-state index in [-0.39, 0.29) is 0 Å². The van der Waals surface area contributed by atoms with E-state index in [4.69, 9.17) is 0 Å². The van der Waals surface area contributed by atoms with Crippen LogP contribution in [0.3, 0.4) is 0 Å². The zero-order valence-corrected chi connectivity index (χ0v) is 23.0. The molecule has 0 aliphatic carbocycles. The molecule has 9 rings (SSSR count). The van der Waals surface area contributed by atoms with Gasteiger partial charge >= 0.3 is 0 Å². The zero-order valence-electron chi connectivity index (χ0n) is 22.2. The Morgan fingerprint density at radius 3 is 1.66 bits per heavy atom. The fourth-order valence-corrected chi connectivity index (χ4v) is 7.82. The van der Waals surface area contributed by atoms with Crippen molar-refractivity contribution in [3.05, 3.63) is 146 Å². The molecule has 3 aromatic heterocycles. The van der Waals surface area contributed by atoms with Crippen molar-refractivity contribution in [2.45, 2.75) is 0 Å². The SMILES string of the molecule is c1ccc(-n2c3ccccc3c3c4c(-c5cccc6sc7ccccc7c56)cccc4n(-c4ccccc4)c32)cc1. The first-order valence-corrected chi connectivity index (χ1v) is 14.8. The molecular formula is C38H24N2S. The molecule has 3 heterocycles. The van der Waals surface area contributed by atoms with Crippen LogP contribution < -0.4 is 0 Å². The summed E-state index contributed by atoms with van der Waals surface area (Å²) in [4.78, 5) is 0. The third kappa shape index (κ3) is 3.18. The topological polar surface area (TPSA) is 9.86 Å². The molecule has 0 aliphatic rings. The smallest absolute Gasteiger partial charge is 0.131 e. The van der Waals surface area contributed by atoms with Crippen molar-refractivity contribution in [3.8, 4) is 22.5 Å². The Morgan fingerprint density at radius 2 is 0.902 bits per heavy atom. The molecule has 0 spiro atoms. The lowest BCUT2D eigenvalue weighted by atomic mass is 9.95. The van der Waals surface area contributed by atoms with Crippen molar-refractivity contribution in [3.63, 3.8) is 0 Å². The maximum Gasteiger partial charge on any atom is 0.131 e. The third-order valence-electron chi connectivity index (χ3n) is 8.32. The number of nitrogens with zero attached hydrogens (tertiary/aromatic N) is 2. The lowest BCUT2D eigenvalue weighted by Crippen LogP contribution is -2.01. The van der Waals surface area contributed by atoms with Crippen LogP contribution in [0.15, 0.2) is 146 Å². The molecule has 0 atom stereocenters. The molecule has 41 heavy (non-hydrogen) atoms. The van der Waals surface area contributed by atoms with E-state index in [9.17, 15) is 0 Å². The van der Waals surface area contributed by atoms with Crippen molar-refractivity contribution >= 4 is 64.3 Å². The van der Waals surface area contributed by atoms with E-state index in [1.807, 2.05) is 11.3 Å². The monoisotopic (exact) mass is 540 g/mol. The Hall–Kier alpha value is -5.12. The van der Waals surface area contributed by atoms with Crippen molar-refractivity contribution < 1.29 is 0 Å². The lowest BCUT2D eigenvalue weighted by Gasteiger charge is -2.13. The molecule has 0 radical (unpaired) electrons. The lowest BCUT2D eigenvalue weighted by molar-refractivity contribution is 1.07. The summed E-state index contributed by atoms with van der Waals surface area (Å²) in [5, 5.41) is 6.51. The van der Waals surface area contributed by atoms with Crippen LogP contribution in [0.5, 0.6) is 0 Å². The van der Waals surface area contributed by atoms with Crippen LogP contribution in [-0.4, -0.2) is 9.13 Å². The minimum absolute atomic E-state index is 1.16. The highest BCUT2D eigenvalue weighted by Gasteiger charge is 2.24. The van der Waals surface area contributed by atoms with Gasteiger partial charge in [-0.25, -0.2) is 0 Å². The maximum atomic E-state index is 2.45. The van der Waals surface area contributed by atoms with Crippen molar-refractivity contribution in [1.82, 2.24) is 9.13 Å². The van der Waals surface area contributed by atoms with Crippen LogP contribution in [0, 0.1) is 0 Å². The van der Waals surface area contributed by atoms with Gasteiger partial charge < -0.3 is 0 Å². The van der Waals surface area contributed by atoms with Crippen molar-refractivity contribution in [2.24, 2.45) is 0 Å². The van der Waals surface area contributed by atoms with Gasteiger partial charge in [0.15, 0.2) is 0 Å². The molecule has 0 saturated heterocycles. The van der Waals surface area contributed by atoms with Crippen LogP contribution >= 0.6 is 11.3 Å². The second kappa shape index (κ2) is 8.69. The number of hydrogen-bond donors (Lipinski definition) is 0. The minimum atomic E-state index is 1.16. The molecule has 2 nitrogen and oxygen atoms in total. The van der Waals surface area contributed by atoms with Gasteiger partial charge in [-0.1, -0.05) is 97.1 Å². The molecule has 3 heteroatoms. The number of fused-ring (bicyclic) bond motifs is 8. The molecule has 0 saturated carbocycles. The predicted octanol–water partition coefficient (Wildman–Crippen LogP) is 10.8. The number of para-hydroxylation sites is 3. The van der Waals surface area contributed by atoms with E-state index in [1.165, 1.54) is 64.1 Å². The van der Waals surface area contributed by atoms with Crippen LogP contribution in [0.4, 0.5) is 0 Å². The summed E-state index contributed by atoms with van der Waals surface area (Å²) in [6, 6.07) is 52.8. The Kier molecular flexibility index (Phi) is 4.80. The summed E-state index contributed by atoms with van der Waals surface area (Å²) in [6.45, 7) is 0. The Labute approximate surface area is 240 Å². The normalized spacial score (nSPS) is 11.9. The summed E-state index contributed by atoms with van der Waals surface area (Å²) >= 11 is 1.88. The Morgan fingerprint density at radius 1 is 0.366 bits per heavy atom. The first-order valence-electron chi connectivity index (χ1n) is 14.0. The Bertz CT molecular complexity index is 2410. The quantitative estimate of drug-likeness (QED) is 0.211. The van der Waals surface area contributed by atoms with E-state index >= 15 is 0 Å². The van der Waals surface area contributed by atoms with E-state index in [1.54, 1.807) is 0 Å². The molecule has 192 valence electrons. The summed E-state index contributed by atoms with van der Waals surface area (Å²) in [7, 11) is 0. The van der Waals surface area contributed by atoms with Gasteiger partial charge in [-0.2, -0.15) is 0 Å². The summed E-state index contributed by atoms with van der Waals surface area (Å²) in [6.07, 6.45) is 0. The van der Waals surface area contributed by atoms with Crippen molar-refractivity contribution in [1.29, 1.82) is 0 Å².